The summed E-state index contributed by atoms with van der Waals surface area (Å²) in [6.07, 6.45) is 0. The van der Waals surface area contributed by atoms with Gasteiger partial charge in [0, 0.05) is 5.56 Å². The maximum Gasteiger partial charge on any atom is 0.129 e. The Labute approximate surface area is 121 Å². The second kappa shape index (κ2) is 5.77. The number of benzene rings is 2. The van der Waals surface area contributed by atoms with E-state index in [1.165, 1.54) is 0 Å². The molecule has 0 aliphatic carbocycles. The number of aliphatic hydroxyl groups excluding tert-OH is 1. The minimum absolute atomic E-state index is 0.0416. The summed E-state index contributed by atoms with van der Waals surface area (Å²) in [6.45, 7) is 1.16. The Balaban J connectivity index is 2.43. The van der Waals surface area contributed by atoms with E-state index in [0.717, 1.165) is 18.2 Å². The predicted octanol–water partition coefficient (Wildman–Crippen LogP) is 3.94. The van der Waals surface area contributed by atoms with Crippen molar-refractivity contribution in [2.24, 2.45) is 0 Å². The molecular weight excluding hydrogens is 284 g/mol. The first kappa shape index (κ1) is 14.8. The Kier molecular flexibility index (Phi) is 4.26. The second-order valence-electron chi connectivity index (χ2n) is 4.72. The highest BCUT2D eigenvalue weighted by Gasteiger charge is 2.29. The van der Waals surface area contributed by atoms with Crippen LogP contribution in [0.25, 0.3) is 0 Å². The first-order valence-electron chi connectivity index (χ1n) is 6.05. The van der Waals surface area contributed by atoms with Gasteiger partial charge < -0.3 is 10.4 Å². The monoisotopic (exact) mass is 297 g/mol. The van der Waals surface area contributed by atoms with Gasteiger partial charge in [0.2, 0.25) is 0 Å². The van der Waals surface area contributed by atoms with Crippen molar-refractivity contribution in [2.45, 2.75) is 12.5 Å². The third-order valence-electron chi connectivity index (χ3n) is 3.12. The molecule has 0 aliphatic heterocycles. The second-order valence-corrected chi connectivity index (χ2v) is 5.13. The van der Waals surface area contributed by atoms with Gasteiger partial charge in [0.25, 0.3) is 0 Å². The van der Waals surface area contributed by atoms with Crippen molar-refractivity contribution in [1.29, 1.82) is 0 Å². The molecule has 2 nitrogen and oxygen atoms in total. The fourth-order valence-corrected chi connectivity index (χ4v) is 2.16. The number of rotatable bonds is 4. The highest BCUT2D eigenvalue weighted by Crippen LogP contribution is 2.31. The zero-order chi connectivity index (χ0) is 14.8. The van der Waals surface area contributed by atoms with E-state index in [0.29, 0.717) is 10.7 Å². The molecule has 20 heavy (non-hydrogen) atoms. The lowest BCUT2D eigenvalue weighted by molar-refractivity contribution is 0.220. The van der Waals surface area contributed by atoms with Gasteiger partial charge in [0.1, 0.15) is 11.6 Å². The molecule has 0 spiro atoms. The van der Waals surface area contributed by atoms with Crippen molar-refractivity contribution in [3.8, 4) is 0 Å². The van der Waals surface area contributed by atoms with E-state index < -0.39 is 23.8 Å². The van der Waals surface area contributed by atoms with E-state index >= 15 is 0 Å². The molecule has 2 rings (SSSR count). The summed E-state index contributed by atoms with van der Waals surface area (Å²) < 4.78 is 27.2. The molecule has 0 heterocycles. The lowest BCUT2D eigenvalue weighted by Crippen LogP contribution is -2.37. The first-order valence-corrected chi connectivity index (χ1v) is 6.43. The molecule has 0 aromatic heterocycles. The highest BCUT2D eigenvalue weighted by molar-refractivity contribution is 6.33. The summed E-state index contributed by atoms with van der Waals surface area (Å²) in [4.78, 5) is 0. The van der Waals surface area contributed by atoms with Gasteiger partial charge in [-0.05, 0) is 37.3 Å². The minimum atomic E-state index is -1.18. The zero-order valence-corrected chi connectivity index (χ0v) is 11.6. The molecule has 0 fully saturated rings. The SMILES string of the molecule is CC(CO)(Nc1ccccc1Cl)c1cc(F)ccc1F. The van der Waals surface area contributed by atoms with Crippen LogP contribution in [-0.2, 0) is 5.54 Å². The third kappa shape index (κ3) is 2.92. The lowest BCUT2D eigenvalue weighted by Gasteiger charge is -2.31. The molecule has 0 saturated carbocycles. The molecular formula is C15H14ClF2NO. The van der Waals surface area contributed by atoms with Crippen LogP contribution in [-0.4, -0.2) is 11.7 Å². The maximum absolute atomic E-state index is 13.9. The van der Waals surface area contributed by atoms with Crippen LogP contribution in [0.3, 0.4) is 0 Å². The molecule has 1 atom stereocenters. The summed E-state index contributed by atoms with van der Waals surface area (Å²) in [5.74, 6) is -1.16. The molecule has 1 unspecified atom stereocenters. The van der Waals surface area contributed by atoms with Gasteiger partial charge >= 0.3 is 0 Å². The topological polar surface area (TPSA) is 32.3 Å². The number of para-hydroxylation sites is 1. The number of nitrogens with one attached hydrogen (secondary N) is 1. The summed E-state index contributed by atoms with van der Waals surface area (Å²) >= 11 is 6.03. The van der Waals surface area contributed by atoms with E-state index in [4.69, 9.17) is 11.6 Å². The fourth-order valence-electron chi connectivity index (χ4n) is 1.97. The smallest absolute Gasteiger partial charge is 0.129 e. The molecule has 0 saturated heterocycles. The van der Waals surface area contributed by atoms with Crippen LogP contribution in [0.4, 0.5) is 14.5 Å². The lowest BCUT2D eigenvalue weighted by atomic mass is 9.91. The number of anilines is 1. The van der Waals surface area contributed by atoms with E-state index in [1.807, 2.05) is 0 Å². The average Bonchev–Trinajstić information content (AvgIpc) is 2.44. The van der Waals surface area contributed by atoms with Crippen molar-refractivity contribution < 1.29 is 13.9 Å². The standard InChI is InChI=1S/C15H14ClF2NO/c1-15(9-20,11-8-10(17)6-7-13(11)18)19-14-5-3-2-4-12(14)16/h2-8,19-20H,9H2,1H3. The van der Waals surface area contributed by atoms with E-state index in [1.54, 1.807) is 31.2 Å². The molecule has 2 N–H and O–H groups in total. The Hall–Kier alpha value is -1.65. The molecule has 0 aliphatic rings. The molecule has 2 aromatic rings. The van der Waals surface area contributed by atoms with Gasteiger partial charge in [-0.2, -0.15) is 0 Å². The van der Waals surface area contributed by atoms with Crippen LogP contribution in [0.2, 0.25) is 5.02 Å². The van der Waals surface area contributed by atoms with Gasteiger partial charge in [-0.1, -0.05) is 23.7 Å². The Bertz CT molecular complexity index is 621. The first-order chi connectivity index (χ1) is 9.46. The van der Waals surface area contributed by atoms with Crippen molar-refractivity contribution in [3.63, 3.8) is 0 Å². The molecule has 0 radical (unpaired) electrons. The fraction of sp³-hybridized carbons (Fsp3) is 0.200. The number of aliphatic hydroxyl groups is 1. The van der Waals surface area contributed by atoms with Gasteiger partial charge in [-0.25, -0.2) is 8.78 Å². The van der Waals surface area contributed by atoms with Gasteiger partial charge in [-0.15, -0.1) is 0 Å². The van der Waals surface area contributed by atoms with Crippen LogP contribution < -0.4 is 5.32 Å². The van der Waals surface area contributed by atoms with Crippen LogP contribution in [0, 0.1) is 11.6 Å². The molecule has 0 amide bonds. The minimum Gasteiger partial charge on any atom is -0.394 e. The van der Waals surface area contributed by atoms with Gasteiger partial charge in [0.05, 0.1) is 22.9 Å². The summed E-state index contributed by atoms with van der Waals surface area (Å²) in [5, 5.41) is 13.0. The van der Waals surface area contributed by atoms with Crippen LogP contribution in [0.1, 0.15) is 12.5 Å². The van der Waals surface area contributed by atoms with Crippen molar-refractivity contribution in [2.75, 3.05) is 11.9 Å². The van der Waals surface area contributed by atoms with Gasteiger partial charge in [-0.3, -0.25) is 0 Å². The van der Waals surface area contributed by atoms with E-state index in [-0.39, 0.29) is 5.56 Å². The third-order valence-corrected chi connectivity index (χ3v) is 3.45. The summed E-state index contributed by atoms with van der Waals surface area (Å²) in [5.41, 5.74) is -0.605. The van der Waals surface area contributed by atoms with Crippen LogP contribution in [0.5, 0.6) is 0 Å². The largest absolute Gasteiger partial charge is 0.394 e. The van der Waals surface area contributed by atoms with Crippen molar-refractivity contribution in [3.05, 3.63) is 64.7 Å². The normalized spacial score (nSPS) is 13.8. The summed E-state index contributed by atoms with van der Waals surface area (Å²) in [6, 6.07) is 10.0. The van der Waals surface area contributed by atoms with Crippen LogP contribution >= 0.6 is 11.6 Å². The Morgan fingerprint density at radius 3 is 2.55 bits per heavy atom. The predicted molar refractivity (Wildman–Crippen MR) is 75.9 cm³/mol. The molecule has 2 aromatic carbocycles. The Morgan fingerprint density at radius 2 is 1.90 bits per heavy atom. The van der Waals surface area contributed by atoms with E-state index in [2.05, 4.69) is 5.32 Å². The van der Waals surface area contributed by atoms with Crippen molar-refractivity contribution in [1.82, 2.24) is 0 Å². The zero-order valence-electron chi connectivity index (χ0n) is 10.8. The molecule has 0 bridgehead atoms. The highest BCUT2D eigenvalue weighted by atomic mass is 35.5. The Morgan fingerprint density at radius 1 is 1.20 bits per heavy atom. The maximum atomic E-state index is 13.9. The average molecular weight is 298 g/mol. The summed E-state index contributed by atoms with van der Waals surface area (Å²) in [7, 11) is 0. The number of hydrogen-bond acceptors (Lipinski definition) is 2. The molecule has 5 heteroatoms. The van der Waals surface area contributed by atoms with Crippen LogP contribution in [0.15, 0.2) is 42.5 Å². The van der Waals surface area contributed by atoms with Crippen molar-refractivity contribution >= 4 is 17.3 Å². The number of hydrogen-bond donors (Lipinski definition) is 2. The number of halogens is 3. The molecule has 106 valence electrons. The van der Waals surface area contributed by atoms with E-state index in [9.17, 15) is 13.9 Å². The quantitative estimate of drug-likeness (QED) is 0.896. The van der Waals surface area contributed by atoms with Gasteiger partial charge in [0.15, 0.2) is 0 Å².